The number of rotatable bonds is 4. The van der Waals surface area contributed by atoms with Crippen LogP contribution in [0.1, 0.15) is 0 Å². The van der Waals surface area contributed by atoms with Crippen LogP contribution in [-0.4, -0.2) is 50.1 Å². The van der Waals surface area contributed by atoms with Crippen molar-refractivity contribution in [1.29, 1.82) is 0 Å². The minimum atomic E-state index is -1.94. The molecule has 4 rings (SSSR count). The minimum absolute atomic E-state index is 0.393. The molecule has 3 nitrogen and oxygen atoms in total. The summed E-state index contributed by atoms with van der Waals surface area (Å²) in [6.45, 7) is 0. The van der Waals surface area contributed by atoms with Crippen molar-refractivity contribution in [2.75, 3.05) is 28.2 Å². The van der Waals surface area contributed by atoms with Crippen LogP contribution < -0.4 is 27.3 Å². The fraction of sp³-hybridized carbons (Fsp3) is 0.138. The van der Waals surface area contributed by atoms with Crippen LogP contribution in [0, 0.1) is 23.3 Å². The first-order valence-electron chi connectivity index (χ1n) is 11.7. The highest BCUT2D eigenvalue weighted by molar-refractivity contribution is 7.19. The van der Waals surface area contributed by atoms with Crippen molar-refractivity contribution in [3.05, 3.63) is 120 Å². The predicted molar refractivity (Wildman–Crippen MR) is 144 cm³/mol. The van der Waals surface area contributed by atoms with Crippen LogP contribution in [0.4, 0.5) is 17.6 Å². The van der Waals surface area contributed by atoms with Gasteiger partial charge in [-0.05, 0) is 48.5 Å². The summed E-state index contributed by atoms with van der Waals surface area (Å²) in [6.07, 6.45) is -1.94. The molecular weight excluding hydrogens is 477 g/mol. The maximum absolute atomic E-state index is 13.7. The molecule has 0 bridgehead atoms. The van der Waals surface area contributed by atoms with Gasteiger partial charge in [0.15, 0.2) is 0 Å². The lowest BCUT2D eigenvalue weighted by molar-refractivity contribution is -0.139. The first-order chi connectivity index (χ1) is 17.5. The number of guanidine groups is 1. The van der Waals surface area contributed by atoms with E-state index in [9.17, 15) is 17.6 Å². The Bertz CT molecular complexity index is 1110. The van der Waals surface area contributed by atoms with Crippen molar-refractivity contribution < 1.29 is 23.0 Å². The average molecular weight is 507 g/mol. The SMILES string of the molecule is CN(C)C(=[NH2+])N(C)C.Fc1ccc([B-](c2ccc(F)cc2)(c2ccc(F)cc2)c2ccc(F)cc2)cc1. The van der Waals surface area contributed by atoms with Gasteiger partial charge in [-0.1, -0.05) is 48.5 Å². The molecule has 0 radical (unpaired) electrons. The Kier molecular flexibility index (Phi) is 8.76. The summed E-state index contributed by atoms with van der Waals surface area (Å²) in [4.78, 5) is 3.72. The van der Waals surface area contributed by atoms with Crippen LogP contribution in [0.2, 0.25) is 0 Å². The summed E-state index contributed by atoms with van der Waals surface area (Å²) in [7, 11) is 7.65. The van der Waals surface area contributed by atoms with Gasteiger partial charge in [-0.2, -0.15) is 21.9 Å². The monoisotopic (exact) mass is 507 g/mol. The molecule has 0 aliphatic heterocycles. The Morgan fingerprint density at radius 1 is 0.459 bits per heavy atom. The lowest BCUT2D eigenvalue weighted by atomic mass is 9.13. The maximum Gasteiger partial charge on any atom is 0.344 e. The molecule has 0 unspecified atom stereocenters. The van der Waals surface area contributed by atoms with Crippen LogP contribution in [0.5, 0.6) is 0 Å². The van der Waals surface area contributed by atoms with Gasteiger partial charge in [0.25, 0.3) is 0 Å². The van der Waals surface area contributed by atoms with Gasteiger partial charge >= 0.3 is 5.96 Å². The van der Waals surface area contributed by atoms with Gasteiger partial charge in [0, 0.05) is 0 Å². The standard InChI is InChI=1S/C24H16BF4.C5H13N3/c26-21-9-1-17(2-10-21)25(18-3-11-22(27)12-4-18,19-5-13-23(28)14-6-19)20-7-15-24(29)16-8-20;1-7(2)5(6)8(3)4/h1-16H;6H,1-4H3/q-1;/p+1. The third-order valence-electron chi connectivity index (χ3n) is 6.40. The van der Waals surface area contributed by atoms with Gasteiger partial charge < -0.3 is 0 Å². The molecule has 0 spiro atoms. The molecule has 192 valence electrons. The van der Waals surface area contributed by atoms with Gasteiger partial charge in [0.05, 0.1) is 28.2 Å². The topological polar surface area (TPSA) is 32.1 Å². The van der Waals surface area contributed by atoms with E-state index in [1.54, 1.807) is 48.5 Å². The quantitative estimate of drug-likeness (QED) is 0.198. The third kappa shape index (κ3) is 6.20. The summed E-state index contributed by atoms with van der Waals surface area (Å²) >= 11 is 0. The number of nitrogens with two attached hydrogens (primary N) is 1. The highest BCUT2D eigenvalue weighted by Gasteiger charge is 2.32. The van der Waals surface area contributed by atoms with Crippen molar-refractivity contribution in [2.45, 2.75) is 0 Å². The van der Waals surface area contributed by atoms with Crippen LogP contribution in [-0.2, 0) is 0 Å². The minimum Gasteiger partial charge on any atom is -0.291 e. The fourth-order valence-electron chi connectivity index (χ4n) is 4.56. The lowest BCUT2D eigenvalue weighted by Gasteiger charge is -2.44. The number of hydrogen-bond acceptors (Lipinski definition) is 0. The molecule has 0 heterocycles. The van der Waals surface area contributed by atoms with E-state index in [4.69, 9.17) is 5.41 Å². The maximum atomic E-state index is 13.7. The zero-order valence-electron chi connectivity index (χ0n) is 21.3. The second-order valence-electron chi connectivity index (χ2n) is 9.22. The molecule has 4 aromatic rings. The van der Waals surface area contributed by atoms with Crippen molar-refractivity contribution >= 4 is 34.0 Å². The fourth-order valence-corrected chi connectivity index (χ4v) is 4.56. The summed E-state index contributed by atoms with van der Waals surface area (Å²) < 4.78 is 54.8. The molecule has 2 N–H and O–H groups in total. The molecule has 0 aromatic heterocycles. The normalized spacial score (nSPS) is 10.8. The first-order valence-corrected chi connectivity index (χ1v) is 11.7. The van der Waals surface area contributed by atoms with Gasteiger partial charge in [-0.3, -0.25) is 15.2 Å². The van der Waals surface area contributed by atoms with Gasteiger partial charge in [-0.25, -0.2) is 17.6 Å². The molecule has 0 aliphatic rings. The molecule has 0 amide bonds. The highest BCUT2D eigenvalue weighted by atomic mass is 19.1. The number of halogens is 4. The number of hydrogen-bond donors (Lipinski definition) is 1. The molecular formula is C29H30BF4N3. The smallest absolute Gasteiger partial charge is 0.291 e. The Morgan fingerprint density at radius 3 is 0.784 bits per heavy atom. The van der Waals surface area contributed by atoms with E-state index in [2.05, 4.69) is 0 Å². The Morgan fingerprint density at radius 2 is 0.649 bits per heavy atom. The Labute approximate surface area is 215 Å². The summed E-state index contributed by atoms with van der Waals surface area (Å²) in [6, 6.07) is 24.1. The van der Waals surface area contributed by atoms with E-state index in [1.807, 2.05) is 38.0 Å². The van der Waals surface area contributed by atoms with E-state index < -0.39 is 29.4 Å². The highest BCUT2D eigenvalue weighted by Crippen LogP contribution is 2.12. The van der Waals surface area contributed by atoms with E-state index in [-0.39, 0.29) is 0 Å². The molecule has 37 heavy (non-hydrogen) atoms. The summed E-state index contributed by atoms with van der Waals surface area (Å²) in [5, 5.41) is 5.53. The van der Waals surface area contributed by atoms with Crippen LogP contribution in [0.3, 0.4) is 0 Å². The second kappa shape index (κ2) is 11.8. The Hall–Kier alpha value is -4.07. The first kappa shape index (κ1) is 27.5. The van der Waals surface area contributed by atoms with Gasteiger partial charge in [0.2, 0.25) is 0 Å². The summed E-state index contributed by atoms with van der Waals surface area (Å²) in [5.41, 5.74) is 2.99. The van der Waals surface area contributed by atoms with Crippen LogP contribution in [0.15, 0.2) is 97.1 Å². The molecule has 4 aromatic carbocycles. The average Bonchev–Trinajstić information content (AvgIpc) is 2.88. The van der Waals surface area contributed by atoms with Crippen molar-refractivity contribution in [2.24, 2.45) is 0 Å². The lowest BCUT2D eigenvalue weighted by Crippen LogP contribution is -2.74. The zero-order chi connectivity index (χ0) is 27.2. The van der Waals surface area contributed by atoms with Gasteiger partial charge in [0.1, 0.15) is 29.4 Å². The molecule has 0 aliphatic carbocycles. The number of nitrogens with zero attached hydrogens (tertiary/aromatic N) is 2. The van der Waals surface area contributed by atoms with E-state index in [0.717, 1.165) is 27.8 Å². The molecule has 0 atom stereocenters. The van der Waals surface area contributed by atoms with E-state index in [1.165, 1.54) is 48.5 Å². The molecule has 0 saturated carbocycles. The van der Waals surface area contributed by atoms with Crippen molar-refractivity contribution in [3.63, 3.8) is 0 Å². The zero-order valence-corrected chi connectivity index (χ0v) is 21.3. The molecule has 0 fully saturated rings. The van der Waals surface area contributed by atoms with Gasteiger partial charge in [-0.15, -0.1) is 0 Å². The second-order valence-corrected chi connectivity index (χ2v) is 9.22. The van der Waals surface area contributed by atoms with Crippen LogP contribution in [0.25, 0.3) is 0 Å². The largest absolute Gasteiger partial charge is 0.344 e. The Balaban J connectivity index is 0.000000414. The van der Waals surface area contributed by atoms with Crippen molar-refractivity contribution in [3.8, 4) is 0 Å². The van der Waals surface area contributed by atoms with Crippen molar-refractivity contribution in [1.82, 2.24) is 9.80 Å². The number of benzene rings is 4. The summed E-state index contributed by atoms with van der Waals surface area (Å²) in [5.74, 6) is -0.803. The molecule has 0 saturated heterocycles. The predicted octanol–water partition coefficient (Wildman–Crippen LogP) is 1.85. The van der Waals surface area contributed by atoms with E-state index >= 15 is 0 Å². The van der Waals surface area contributed by atoms with E-state index in [0.29, 0.717) is 0 Å². The van der Waals surface area contributed by atoms with Crippen LogP contribution >= 0.6 is 0 Å². The molecule has 8 heteroatoms. The third-order valence-corrected chi connectivity index (χ3v) is 6.40.